The van der Waals surface area contributed by atoms with Gasteiger partial charge in [0.1, 0.15) is 6.67 Å². The van der Waals surface area contributed by atoms with Gasteiger partial charge in [-0.3, -0.25) is 0 Å². The molecule has 2 aromatic carbocycles. The molecule has 0 bridgehead atoms. The number of aromatic nitrogens is 1. The highest BCUT2D eigenvalue weighted by molar-refractivity contribution is 6.92. The van der Waals surface area contributed by atoms with E-state index in [2.05, 4.69) is 97.3 Å². The van der Waals surface area contributed by atoms with Crippen LogP contribution in [-0.2, 0) is 0 Å². The highest BCUT2D eigenvalue weighted by Gasteiger charge is 2.39. The van der Waals surface area contributed by atoms with Gasteiger partial charge < -0.3 is 9.80 Å². The van der Waals surface area contributed by atoms with Gasteiger partial charge in [-0.15, -0.1) is 0 Å². The fourth-order valence-corrected chi connectivity index (χ4v) is 8.39. The first-order valence-corrected chi connectivity index (χ1v) is 13.0. The Bertz CT molecular complexity index is 915. The van der Waals surface area contributed by atoms with Gasteiger partial charge in [-0.05, 0) is 35.5 Å². The van der Waals surface area contributed by atoms with E-state index in [1.807, 2.05) is 6.20 Å². The van der Waals surface area contributed by atoms with Gasteiger partial charge in [0.25, 0.3) is 0 Å². The maximum absolute atomic E-state index is 4.88. The molecule has 0 saturated heterocycles. The second-order valence-corrected chi connectivity index (χ2v) is 12.8. The number of nitrogens with zero attached hydrogens (tertiary/aromatic N) is 3. The predicted octanol–water partition coefficient (Wildman–Crippen LogP) is 6.04. The number of hydrogen-bond donors (Lipinski definition) is 0. The summed E-state index contributed by atoms with van der Waals surface area (Å²) in [6.07, 6.45) is 2.03. The normalized spacial score (nSPS) is 13.7. The SMILES string of the molecule is CC[Si](CC)(CC)c1ccnc2c1N(c1ccccc1)CN2c1ccccc1. The molecular weight excluding hydrogens is 358 g/mol. The van der Waals surface area contributed by atoms with Crippen molar-refractivity contribution in [3.63, 3.8) is 0 Å². The molecule has 0 atom stereocenters. The van der Waals surface area contributed by atoms with Crippen molar-refractivity contribution in [2.24, 2.45) is 0 Å². The molecule has 4 heteroatoms. The van der Waals surface area contributed by atoms with Crippen molar-refractivity contribution in [2.45, 2.75) is 38.9 Å². The molecule has 144 valence electrons. The van der Waals surface area contributed by atoms with Crippen molar-refractivity contribution in [1.82, 2.24) is 4.98 Å². The Morgan fingerprint density at radius 2 is 1.29 bits per heavy atom. The number of benzene rings is 2. The summed E-state index contributed by atoms with van der Waals surface area (Å²) >= 11 is 0. The molecular formula is C24H29N3Si. The predicted molar refractivity (Wildman–Crippen MR) is 123 cm³/mol. The fraction of sp³-hybridized carbons (Fsp3) is 0.292. The van der Waals surface area contributed by atoms with Crippen molar-refractivity contribution in [3.05, 3.63) is 72.9 Å². The summed E-state index contributed by atoms with van der Waals surface area (Å²) in [6.45, 7) is 7.93. The van der Waals surface area contributed by atoms with Gasteiger partial charge in [0.15, 0.2) is 5.82 Å². The van der Waals surface area contributed by atoms with E-state index in [9.17, 15) is 0 Å². The minimum absolute atomic E-state index is 0.801. The Kier molecular flexibility index (Phi) is 5.22. The third-order valence-electron chi connectivity index (χ3n) is 6.45. The quantitative estimate of drug-likeness (QED) is 0.480. The van der Waals surface area contributed by atoms with Crippen LogP contribution in [0.4, 0.5) is 22.9 Å². The summed E-state index contributed by atoms with van der Waals surface area (Å²) in [5, 5.41) is 1.56. The molecule has 1 aliphatic heterocycles. The van der Waals surface area contributed by atoms with Crippen LogP contribution >= 0.6 is 0 Å². The highest BCUT2D eigenvalue weighted by Crippen LogP contribution is 2.43. The number of para-hydroxylation sites is 2. The summed E-state index contributed by atoms with van der Waals surface area (Å²) in [6, 6.07) is 27.5. The van der Waals surface area contributed by atoms with Gasteiger partial charge in [-0.25, -0.2) is 4.98 Å². The van der Waals surface area contributed by atoms with E-state index in [0.717, 1.165) is 12.5 Å². The van der Waals surface area contributed by atoms with Gasteiger partial charge in [0, 0.05) is 17.6 Å². The lowest BCUT2D eigenvalue weighted by Gasteiger charge is -2.32. The first kappa shape index (κ1) is 18.8. The summed E-state index contributed by atoms with van der Waals surface area (Å²) < 4.78 is 0. The molecule has 28 heavy (non-hydrogen) atoms. The van der Waals surface area contributed by atoms with Crippen molar-refractivity contribution >= 4 is 36.1 Å². The van der Waals surface area contributed by atoms with Crippen LogP contribution in [-0.4, -0.2) is 19.7 Å². The largest absolute Gasteiger partial charge is 0.320 e. The average Bonchev–Trinajstić information content (AvgIpc) is 3.17. The molecule has 2 heterocycles. The van der Waals surface area contributed by atoms with Gasteiger partial charge in [0.05, 0.1) is 13.8 Å². The van der Waals surface area contributed by atoms with Crippen LogP contribution in [0.3, 0.4) is 0 Å². The minimum Gasteiger partial charge on any atom is -0.320 e. The Morgan fingerprint density at radius 1 is 0.750 bits per heavy atom. The van der Waals surface area contributed by atoms with E-state index in [4.69, 9.17) is 4.98 Å². The number of rotatable bonds is 6. The topological polar surface area (TPSA) is 19.4 Å². The zero-order valence-electron chi connectivity index (χ0n) is 17.1. The third-order valence-corrected chi connectivity index (χ3v) is 12.1. The average molecular weight is 388 g/mol. The van der Waals surface area contributed by atoms with Crippen LogP contribution in [0.1, 0.15) is 20.8 Å². The molecule has 0 radical (unpaired) electrons. The molecule has 3 aromatic rings. The van der Waals surface area contributed by atoms with Crippen LogP contribution in [0.25, 0.3) is 0 Å². The standard InChI is InChI=1S/C24H29N3Si/c1-4-28(5-2,6-3)22-17-18-25-24-23(22)26(20-13-9-7-10-14-20)19-27(24)21-15-11-8-12-16-21/h7-18H,4-6,19H2,1-3H3. The summed E-state index contributed by atoms with van der Waals surface area (Å²) in [5.74, 6) is 1.10. The van der Waals surface area contributed by atoms with E-state index in [1.165, 1.54) is 35.2 Å². The second kappa shape index (κ2) is 7.80. The van der Waals surface area contributed by atoms with Gasteiger partial charge in [-0.1, -0.05) is 75.3 Å². The van der Waals surface area contributed by atoms with E-state index in [1.54, 1.807) is 5.19 Å². The second-order valence-electron chi connectivity index (χ2n) is 7.54. The number of fused-ring (bicyclic) bond motifs is 1. The molecule has 0 fully saturated rings. The molecule has 1 aromatic heterocycles. The molecule has 3 nitrogen and oxygen atoms in total. The van der Waals surface area contributed by atoms with Crippen molar-refractivity contribution in [1.29, 1.82) is 0 Å². The monoisotopic (exact) mass is 387 g/mol. The van der Waals surface area contributed by atoms with Crippen LogP contribution in [0.15, 0.2) is 72.9 Å². The zero-order chi connectivity index (χ0) is 19.6. The van der Waals surface area contributed by atoms with Crippen LogP contribution in [0.2, 0.25) is 18.1 Å². The van der Waals surface area contributed by atoms with Crippen molar-refractivity contribution in [3.8, 4) is 0 Å². The van der Waals surface area contributed by atoms with Crippen molar-refractivity contribution < 1.29 is 0 Å². The Morgan fingerprint density at radius 3 is 1.82 bits per heavy atom. The van der Waals surface area contributed by atoms with Gasteiger partial charge in [-0.2, -0.15) is 0 Å². The van der Waals surface area contributed by atoms with E-state index in [-0.39, 0.29) is 0 Å². The lowest BCUT2D eigenvalue weighted by Crippen LogP contribution is -2.47. The number of anilines is 4. The first-order valence-electron chi connectivity index (χ1n) is 10.4. The maximum Gasteiger partial charge on any atom is 0.158 e. The zero-order valence-corrected chi connectivity index (χ0v) is 18.1. The molecule has 1 aliphatic rings. The fourth-order valence-electron chi connectivity index (χ4n) is 4.57. The lowest BCUT2D eigenvalue weighted by molar-refractivity contribution is 0.982. The molecule has 0 amide bonds. The van der Waals surface area contributed by atoms with E-state index < -0.39 is 8.07 Å². The highest BCUT2D eigenvalue weighted by atomic mass is 28.3. The Balaban J connectivity index is 1.93. The van der Waals surface area contributed by atoms with Crippen LogP contribution in [0.5, 0.6) is 0 Å². The maximum atomic E-state index is 4.88. The minimum atomic E-state index is -1.56. The van der Waals surface area contributed by atoms with Crippen LogP contribution < -0.4 is 15.0 Å². The lowest BCUT2D eigenvalue weighted by atomic mass is 10.2. The summed E-state index contributed by atoms with van der Waals surface area (Å²) in [5.41, 5.74) is 3.76. The van der Waals surface area contributed by atoms with Gasteiger partial charge >= 0.3 is 0 Å². The molecule has 0 spiro atoms. The Hall–Kier alpha value is -2.59. The number of hydrogen-bond acceptors (Lipinski definition) is 3. The molecule has 4 rings (SSSR count). The molecule has 0 N–H and O–H groups in total. The summed E-state index contributed by atoms with van der Waals surface area (Å²) in [7, 11) is -1.56. The third kappa shape index (κ3) is 3.02. The smallest absolute Gasteiger partial charge is 0.158 e. The summed E-state index contributed by atoms with van der Waals surface area (Å²) in [4.78, 5) is 9.70. The van der Waals surface area contributed by atoms with Crippen molar-refractivity contribution in [2.75, 3.05) is 16.5 Å². The number of pyridine rings is 1. The molecule has 0 aliphatic carbocycles. The van der Waals surface area contributed by atoms with E-state index in [0.29, 0.717) is 0 Å². The van der Waals surface area contributed by atoms with Crippen LogP contribution in [0, 0.1) is 0 Å². The van der Waals surface area contributed by atoms with E-state index >= 15 is 0 Å². The van der Waals surface area contributed by atoms with Gasteiger partial charge in [0.2, 0.25) is 0 Å². The first-order chi connectivity index (χ1) is 13.7. The molecule has 0 unspecified atom stereocenters. The Labute approximate surface area is 169 Å². The molecule has 0 saturated carbocycles.